The lowest BCUT2D eigenvalue weighted by molar-refractivity contribution is -0.117. The van der Waals surface area contributed by atoms with Crippen molar-refractivity contribution in [1.82, 2.24) is 25.1 Å². The standard InChI is InChI=1S/C29H20FIN6O2/c30-17-7-16(10-20(38)11-17)26-21-13-25(34-23(21)5-6-32-26)28-27-24(36-37-28)4-3-22(35-27)15-8-18(31)12-19(9-15)33-29(39)14-1-2-14/h3-14,34,38H,1-2H2,(H,33,39)(H,36,37). The van der Waals surface area contributed by atoms with Crippen LogP contribution >= 0.6 is 22.6 Å². The van der Waals surface area contributed by atoms with Crippen molar-refractivity contribution in [2.24, 2.45) is 5.92 Å². The molecule has 0 spiro atoms. The first-order valence-corrected chi connectivity index (χ1v) is 13.4. The van der Waals surface area contributed by atoms with Gasteiger partial charge in [0.2, 0.25) is 5.91 Å². The minimum absolute atomic E-state index is 0.0598. The van der Waals surface area contributed by atoms with E-state index in [0.29, 0.717) is 22.5 Å². The number of aromatic hydroxyl groups is 1. The number of fused-ring (bicyclic) bond motifs is 2. The average molecular weight is 630 g/mol. The fourth-order valence-electron chi connectivity index (χ4n) is 4.77. The summed E-state index contributed by atoms with van der Waals surface area (Å²) in [7, 11) is 0. The van der Waals surface area contributed by atoms with Gasteiger partial charge >= 0.3 is 0 Å². The van der Waals surface area contributed by atoms with Crippen LogP contribution in [0.4, 0.5) is 10.1 Å². The SMILES string of the molecule is O=C(Nc1cc(I)cc(-c2ccc3[nH]nc(-c4cc5c(-c6cc(O)cc(F)c6)nccc5[nH]4)c3n2)c1)C1CC1. The van der Waals surface area contributed by atoms with E-state index >= 15 is 0 Å². The van der Waals surface area contributed by atoms with E-state index in [1.165, 1.54) is 12.1 Å². The monoisotopic (exact) mass is 630 g/mol. The number of phenolic OH excluding ortho intramolecular Hbond substituents is 1. The minimum Gasteiger partial charge on any atom is -0.508 e. The number of pyridine rings is 2. The van der Waals surface area contributed by atoms with Crippen LogP contribution in [0.5, 0.6) is 5.75 Å². The Kier molecular flexibility index (Phi) is 5.58. The normalized spacial score (nSPS) is 13.3. The molecule has 8 nitrogen and oxygen atoms in total. The lowest BCUT2D eigenvalue weighted by Crippen LogP contribution is -2.13. The van der Waals surface area contributed by atoms with Crippen LogP contribution in [0.1, 0.15) is 12.8 Å². The molecule has 0 atom stereocenters. The summed E-state index contributed by atoms with van der Waals surface area (Å²) in [6.07, 6.45) is 3.52. The molecule has 6 aromatic rings. The maximum absolute atomic E-state index is 14.0. The molecule has 1 amide bonds. The molecule has 0 bridgehead atoms. The fraction of sp³-hybridized carbons (Fsp3) is 0.103. The Morgan fingerprint density at radius 1 is 1.00 bits per heavy atom. The number of benzene rings is 2. The van der Waals surface area contributed by atoms with Gasteiger partial charge in [-0.25, -0.2) is 9.37 Å². The van der Waals surface area contributed by atoms with E-state index in [-0.39, 0.29) is 17.6 Å². The summed E-state index contributed by atoms with van der Waals surface area (Å²) < 4.78 is 15.0. The number of anilines is 1. The molecule has 1 saturated carbocycles. The zero-order chi connectivity index (χ0) is 26.7. The Hall–Kier alpha value is -4.32. The number of hydrogen-bond donors (Lipinski definition) is 4. The fourth-order valence-corrected chi connectivity index (χ4v) is 5.44. The van der Waals surface area contributed by atoms with Gasteiger partial charge in [-0.3, -0.25) is 14.9 Å². The molecule has 1 aliphatic carbocycles. The first-order chi connectivity index (χ1) is 18.9. The summed E-state index contributed by atoms with van der Waals surface area (Å²) in [5, 5.41) is 21.3. The predicted octanol–water partition coefficient (Wildman–Crippen LogP) is 6.63. The number of aromatic nitrogens is 5. The lowest BCUT2D eigenvalue weighted by atomic mass is 10.1. The number of rotatable bonds is 5. The van der Waals surface area contributed by atoms with Gasteiger partial charge in [0, 0.05) is 49.5 Å². The van der Waals surface area contributed by atoms with Crippen LogP contribution in [-0.2, 0) is 4.79 Å². The van der Waals surface area contributed by atoms with E-state index < -0.39 is 5.82 Å². The third-order valence-corrected chi connectivity index (χ3v) is 7.40. The predicted molar refractivity (Wildman–Crippen MR) is 156 cm³/mol. The summed E-state index contributed by atoms with van der Waals surface area (Å²) in [4.78, 5) is 25.1. The maximum Gasteiger partial charge on any atom is 0.227 e. The zero-order valence-electron chi connectivity index (χ0n) is 20.3. The third-order valence-electron chi connectivity index (χ3n) is 6.78. The number of nitrogens with zero attached hydrogens (tertiary/aromatic N) is 3. The highest BCUT2D eigenvalue weighted by molar-refractivity contribution is 14.1. The molecule has 1 aliphatic rings. The highest BCUT2D eigenvalue weighted by Crippen LogP contribution is 2.35. The summed E-state index contributed by atoms with van der Waals surface area (Å²) in [6, 6.07) is 17.4. The first kappa shape index (κ1) is 23.8. The second-order valence-electron chi connectivity index (χ2n) is 9.66. The first-order valence-electron chi connectivity index (χ1n) is 12.4. The summed E-state index contributed by atoms with van der Waals surface area (Å²) in [5.74, 6) is -0.529. The van der Waals surface area contributed by atoms with Gasteiger partial charge in [0.15, 0.2) is 0 Å². The summed E-state index contributed by atoms with van der Waals surface area (Å²) in [6.45, 7) is 0. The smallest absolute Gasteiger partial charge is 0.227 e. The molecule has 0 unspecified atom stereocenters. The van der Waals surface area contributed by atoms with Crippen LogP contribution in [0.3, 0.4) is 0 Å². The molecule has 0 aliphatic heterocycles. The van der Waals surface area contributed by atoms with Gasteiger partial charge in [-0.2, -0.15) is 5.10 Å². The minimum atomic E-state index is -0.541. The molecule has 192 valence electrons. The molecule has 0 saturated heterocycles. The van der Waals surface area contributed by atoms with E-state index in [2.05, 4.69) is 48.1 Å². The van der Waals surface area contributed by atoms with Crippen LogP contribution in [0.25, 0.3) is 55.8 Å². The Labute approximate surface area is 234 Å². The Bertz CT molecular complexity index is 1910. The third kappa shape index (κ3) is 4.50. The van der Waals surface area contributed by atoms with E-state index in [1.54, 1.807) is 6.20 Å². The van der Waals surface area contributed by atoms with Crippen molar-refractivity contribution in [3.8, 4) is 39.7 Å². The van der Waals surface area contributed by atoms with Gasteiger partial charge in [0.25, 0.3) is 0 Å². The number of phenols is 1. The molecule has 10 heteroatoms. The molecule has 4 N–H and O–H groups in total. The summed E-state index contributed by atoms with van der Waals surface area (Å²) in [5.41, 5.74) is 6.99. The van der Waals surface area contributed by atoms with Gasteiger partial charge in [-0.05, 0) is 90.0 Å². The molecule has 4 heterocycles. The average Bonchev–Trinajstić information content (AvgIpc) is 3.53. The van der Waals surface area contributed by atoms with Crippen molar-refractivity contribution in [1.29, 1.82) is 0 Å². The van der Waals surface area contributed by atoms with Gasteiger partial charge in [0.05, 0.1) is 22.6 Å². The number of amides is 1. The summed E-state index contributed by atoms with van der Waals surface area (Å²) >= 11 is 2.24. The van der Waals surface area contributed by atoms with Crippen molar-refractivity contribution < 1.29 is 14.3 Å². The number of halogens is 2. The largest absolute Gasteiger partial charge is 0.508 e. The number of aromatic amines is 2. The lowest BCUT2D eigenvalue weighted by Gasteiger charge is -2.09. The second-order valence-corrected chi connectivity index (χ2v) is 10.9. The Morgan fingerprint density at radius 3 is 2.69 bits per heavy atom. The molecule has 0 radical (unpaired) electrons. The van der Waals surface area contributed by atoms with E-state index in [1.807, 2.05) is 42.5 Å². The van der Waals surface area contributed by atoms with Crippen LogP contribution < -0.4 is 5.32 Å². The van der Waals surface area contributed by atoms with Crippen molar-refractivity contribution >= 4 is 56.1 Å². The number of H-pyrrole nitrogens is 2. The van der Waals surface area contributed by atoms with Gasteiger partial charge in [-0.1, -0.05) is 0 Å². The van der Waals surface area contributed by atoms with E-state index in [0.717, 1.165) is 61.5 Å². The Balaban J connectivity index is 1.30. The van der Waals surface area contributed by atoms with Gasteiger partial charge in [0.1, 0.15) is 22.8 Å². The van der Waals surface area contributed by atoms with Crippen molar-refractivity contribution in [2.75, 3.05) is 5.32 Å². The van der Waals surface area contributed by atoms with Crippen LogP contribution in [0, 0.1) is 15.3 Å². The molecular weight excluding hydrogens is 610 g/mol. The molecule has 1 fully saturated rings. The maximum atomic E-state index is 14.0. The van der Waals surface area contributed by atoms with E-state index in [4.69, 9.17) is 4.98 Å². The molecule has 39 heavy (non-hydrogen) atoms. The zero-order valence-corrected chi connectivity index (χ0v) is 22.5. The number of hydrogen-bond acceptors (Lipinski definition) is 5. The Morgan fingerprint density at radius 2 is 1.87 bits per heavy atom. The number of carbonyl (C=O) groups excluding carboxylic acids is 1. The van der Waals surface area contributed by atoms with Crippen LogP contribution in [0.15, 0.2) is 66.9 Å². The number of carbonyl (C=O) groups is 1. The highest BCUT2D eigenvalue weighted by atomic mass is 127. The van der Waals surface area contributed by atoms with E-state index in [9.17, 15) is 14.3 Å². The van der Waals surface area contributed by atoms with Gasteiger partial charge in [-0.15, -0.1) is 0 Å². The van der Waals surface area contributed by atoms with Crippen LogP contribution in [0.2, 0.25) is 0 Å². The highest BCUT2D eigenvalue weighted by Gasteiger charge is 2.29. The molecule has 4 aromatic heterocycles. The van der Waals surface area contributed by atoms with Crippen molar-refractivity contribution in [3.63, 3.8) is 0 Å². The van der Waals surface area contributed by atoms with Gasteiger partial charge < -0.3 is 15.4 Å². The van der Waals surface area contributed by atoms with Crippen molar-refractivity contribution in [2.45, 2.75) is 12.8 Å². The molecule has 7 rings (SSSR count). The molecular formula is C29H20FIN6O2. The van der Waals surface area contributed by atoms with Crippen LogP contribution in [-0.4, -0.2) is 36.2 Å². The topological polar surface area (TPSA) is 120 Å². The number of nitrogens with one attached hydrogen (secondary N) is 3. The molecule has 2 aromatic carbocycles. The quantitative estimate of drug-likeness (QED) is 0.160. The second kappa shape index (κ2) is 9.16. The van der Waals surface area contributed by atoms with Crippen molar-refractivity contribution in [3.05, 3.63) is 76.2 Å².